The van der Waals surface area contributed by atoms with Crippen LogP contribution < -0.4 is 0 Å². The highest BCUT2D eigenvalue weighted by Crippen LogP contribution is 2.25. The molecule has 0 N–H and O–H groups in total. The van der Waals surface area contributed by atoms with Gasteiger partial charge < -0.3 is 4.74 Å². The Morgan fingerprint density at radius 3 is 2.59 bits per heavy atom. The van der Waals surface area contributed by atoms with Gasteiger partial charge in [-0.05, 0) is 45.7 Å². The largest absolute Gasteiger partial charge is 0.379 e. The lowest BCUT2D eigenvalue weighted by Gasteiger charge is -2.41. The van der Waals surface area contributed by atoms with Gasteiger partial charge in [0.05, 0.1) is 19.4 Å². The van der Waals surface area contributed by atoms with Gasteiger partial charge in [0.1, 0.15) is 0 Å². The minimum Gasteiger partial charge on any atom is -0.379 e. The number of aromatic nitrogens is 2. The number of ether oxygens (including phenoxy) is 1. The molecule has 0 unspecified atom stereocenters. The summed E-state index contributed by atoms with van der Waals surface area (Å²) in [5.74, 6) is 0.840. The summed E-state index contributed by atoms with van der Waals surface area (Å²) in [6.45, 7) is 13.0. The first kappa shape index (κ1) is 16.0. The second-order valence-electron chi connectivity index (χ2n) is 6.71. The fraction of sp³-hybridized carbons (Fsp3) is 0.824. The molecule has 124 valence electrons. The molecule has 0 radical (unpaired) electrons. The van der Waals surface area contributed by atoms with Crippen LogP contribution in [0.15, 0.2) is 12.4 Å². The molecule has 22 heavy (non-hydrogen) atoms. The number of hydrogen-bond acceptors (Lipinski definition) is 4. The van der Waals surface area contributed by atoms with Crippen molar-refractivity contribution in [3.05, 3.63) is 18.0 Å². The molecule has 2 saturated heterocycles. The van der Waals surface area contributed by atoms with Gasteiger partial charge in [0, 0.05) is 44.0 Å². The molecule has 0 saturated carbocycles. The van der Waals surface area contributed by atoms with Gasteiger partial charge in [-0.2, -0.15) is 5.10 Å². The van der Waals surface area contributed by atoms with Crippen LogP contribution in [0.25, 0.3) is 0 Å². The van der Waals surface area contributed by atoms with E-state index in [1.54, 1.807) is 0 Å². The molecule has 0 aliphatic carbocycles. The second kappa shape index (κ2) is 7.57. The Kier molecular flexibility index (Phi) is 5.50. The second-order valence-corrected chi connectivity index (χ2v) is 6.71. The Hall–Kier alpha value is -0.910. The van der Waals surface area contributed by atoms with Crippen LogP contribution in [0.2, 0.25) is 0 Å². The van der Waals surface area contributed by atoms with Crippen molar-refractivity contribution >= 4 is 0 Å². The van der Waals surface area contributed by atoms with E-state index < -0.39 is 0 Å². The van der Waals surface area contributed by atoms with Crippen LogP contribution in [0.3, 0.4) is 0 Å². The minimum atomic E-state index is 0.703. The molecule has 3 heterocycles. The number of morpholine rings is 1. The fourth-order valence-electron chi connectivity index (χ4n) is 3.80. The molecule has 0 spiro atoms. The summed E-state index contributed by atoms with van der Waals surface area (Å²) in [4.78, 5) is 5.20. The van der Waals surface area contributed by atoms with E-state index in [0.717, 1.165) is 45.3 Å². The van der Waals surface area contributed by atoms with Crippen LogP contribution in [-0.2, 0) is 17.8 Å². The Labute approximate surface area is 134 Å². The van der Waals surface area contributed by atoms with E-state index in [-0.39, 0.29) is 0 Å². The monoisotopic (exact) mass is 306 g/mol. The first-order valence-electron chi connectivity index (χ1n) is 8.81. The smallest absolute Gasteiger partial charge is 0.0594 e. The van der Waals surface area contributed by atoms with Crippen LogP contribution in [-0.4, -0.2) is 65.0 Å². The maximum atomic E-state index is 5.47. The maximum absolute atomic E-state index is 5.47. The third-order valence-electron chi connectivity index (χ3n) is 5.35. The van der Waals surface area contributed by atoms with Crippen molar-refractivity contribution < 1.29 is 4.74 Å². The molecule has 3 rings (SSSR count). The average molecular weight is 306 g/mol. The molecule has 5 nitrogen and oxygen atoms in total. The summed E-state index contributed by atoms with van der Waals surface area (Å²) in [6, 6.07) is 0.703. The summed E-state index contributed by atoms with van der Waals surface area (Å²) >= 11 is 0. The predicted molar refractivity (Wildman–Crippen MR) is 87.8 cm³/mol. The average Bonchev–Trinajstić information content (AvgIpc) is 3.03. The molecular formula is C17H30N4O. The van der Waals surface area contributed by atoms with Gasteiger partial charge in [-0.15, -0.1) is 0 Å². The first-order chi connectivity index (χ1) is 10.8. The number of piperidine rings is 1. The van der Waals surface area contributed by atoms with Gasteiger partial charge in [0.15, 0.2) is 0 Å². The minimum absolute atomic E-state index is 0.703. The van der Waals surface area contributed by atoms with E-state index in [2.05, 4.69) is 34.9 Å². The number of likely N-dealkylation sites (tertiary alicyclic amines) is 1. The molecule has 0 amide bonds. The van der Waals surface area contributed by atoms with Crippen LogP contribution in [0.5, 0.6) is 0 Å². The van der Waals surface area contributed by atoms with Crippen molar-refractivity contribution in [1.29, 1.82) is 0 Å². The fourth-order valence-corrected chi connectivity index (χ4v) is 3.80. The predicted octanol–water partition coefficient (Wildman–Crippen LogP) is 1.84. The highest BCUT2D eigenvalue weighted by molar-refractivity contribution is 5.04. The summed E-state index contributed by atoms with van der Waals surface area (Å²) < 4.78 is 7.49. The van der Waals surface area contributed by atoms with Crippen molar-refractivity contribution in [3.63, 3.8) is 0 Å². The van der Waals surface area contributed by atoms with E-state index in [4.69, 9.17) is 4.74 Å². The summed E-state index contributed by atoms with van der Waals surface area (Å²) in [7, 11) is 0. The molecule has 2 fully saturated rings. The topological polar surface area (TPSA) is 33.5 Å². The van der Waals surface area contributed by atoms with Gasteiger partial charge in [-0.3, -0.25) is 14.5 Å². The molecule has 1 aromatic heterocycles. The highest BCUT2D eigenvalue weighted by Gasteiger charge is 2.28. The van der Waals surface area contributed by atoms with Gasteiger partial charge in [0.25, 0.3) is 0 Å². The quantitative estimate of drug-likeness (QED) is 0.831. The Morgan fingerprint density at radius 2 is 1.95 bits per heavy atom. The molecule has 2 aliphatic heterocycles. The van der Waals surface area contributed by atoms with Gasteiger partial charge in [-0.1, -0.05) is 0 Å². The SMILES string of the molecule is CCn1cc(CN2CCC([C@H](C)N3CCOCC3)CC2)cn1. The standard InChI is InChI=1S/C17H30N4O/c1-3-21-14-16(12-18-21)13-19-6-4-17(5-7-19)15(2)20-8-10-22-11-9-20/h12,14-15,17H,3-11,13H2,1-2H3/t15-/m0/s1. The van der Waals surface area contributed by atoms with Crippen molar-refractivity contribution in [1.82, 2.24) is 19.6 Å². The molecular weight excluding hydrogens is 276 g/mol. The first-order valence-corrected chi connectivity index (χ1v) is 8.81. The Balaban J connectivity index is 1.45. The Morgan fingerprint density at radius 1 is 1.23 bits per heavy atom. The van der Waals surface area contributed by atoms with Crippen molar-refractivity contribution in [3.8, 4) is 0 Å². The highest BCUT2D eigenvalue weighted by atomic mass is 16.5. The number of aryl methyl sites for hydroxylation is 1. The summed E-state index contributed by atoms with van der Waals surface area (Å²) in [5.41, 5.74) is 1.35. The lowest BCUT2D eigenvalue weighted by molar-refractivity contribution is -0.00192. The lowest BCUT2D eigenvalue weighted by Crippen LogP contribution is -2.48. The van der Waals surface area contributed by atoms with Crippen molar-refractivity contribution in [2.75, 3.05) is 39.4 Å². The van der Waals surface area contributed by atoms with Gasteiger partial charge in [0.2, 0.25) is 0 Å². The van der Waals surface area contributed by atoms with Crippen LogP contribution in [0, 0.1) is 5.92 Å². The van der Waals surface area contributed by atoms with Crippen LogP contribution in [0.1, 0.15) is 32.3 Å². The molecule has 2 aliphatic rings. The zero-order chi connectivity index (χ0) is 15.4. The molecule has 0 aromatic carbocycles. The van der Waals surface area contributed by atoms with Crippen molar-refractivity contribution in [2.24, 2.45) is 5.92 Å². The molecule has 1 aromatic rings. The van der Waals surface area contributed by atoms with Gasteiger partial charge >= 0.3 is 0 Å². The van der Waals surface area contributed by atoms with Gasteiger partial charge in [-0.25, -0.2) is 0 Å². The van der Waals surface area contributed by atoms with E-state index in [0.29, 0.717) is 6.04 Å². The molecule has 0 bridgehead atoms. The number of hydrogen-bond donors (Lipinski definition) is 0. The van der Waals surface area contributed by atoms with E-state index >= 15 is 0 Å². The number of nitrogens with zero attached hydrogens (tertiary/aromatic N) is 4. The maximum Gasteiger partial charge on any atom is 0.0594 e. The third kappa shape index (κ3) is 3.89. The van der Waals surface area contributed by atoms with Crippen LogP contribution >= 0.6 is 0 Å². The summed E-state index contributed by atoms with van der Waals surface area (Å²) in [6.07, 6.45) is 6.84. The van der Waals surface area contributed by atoms with E-state index in [9.17, 15) is 0 Å². The molecule has 5 heteroatoms. The number of rotatable bonds is 5. The van der Waals surface area contributed by atoms with Crippen LogP contribution in [0.4, 0.5) is 0 Å². The molecule has 1 atom stereocenters. The van der Waals surface area contributed by atoms with E-state index in [1.807, 2.05) is 10.9 Å². The normalized spacial score (nSPS) is 23.7. The zero-order valence-corrected chi connectivity index (χ0v) is 14.1. The third-order valence-corrected chi connectivity index (χ3v) is 5.35. The van der Waals surface area contributed by atoms with Crippen molar-refractivity contribution in [2.45, 2.75) is 45.8 Å². The summed E-state index contributed by atoms with van der Waals surface area (Å²) in [5, 5.41) is 4.38. The lowest BCUT2D eigenvalue weighted by atomic mass is 9.89. The van der Waals surface area contributed by atoms with E-state index in [1.165, 1.54) is 31.5 Å². The zero-order valence-electron chi connectivity index (χ0n) is 14.1. The Bertz CT molecular complexity index is 447.